The largest absolute Gasteiger partial charge is 0.382 e. The van der Waals surface area contributed by atoms with Crippen LogP contribution >= 0.6 is 0 Å². The van der Waals surface area contributed by atoms with E-state index in [4.69, 9.17) is 4.74 Å². The summed E-state index contributed by atoms with van der Waals surface area (Å²) in [5.74, 6) is 0.844. The Morgan fingerprint density at radius 3 is 2.40 bits per heavy atom. The Hall–Kier alpha value is -0.0400. The zero-order valence-corrected chi connectivity index (χ0v) is 7.52. The third-order valence-corrected chi connectivity index (χ3v) is 1.74. The van der Waals surface area contributed by atoms with E-state index in [1.807, 2.05) is 6.92 Å². The Morgan fingerprint density at radius 2 is 1.90 bits per heavy atom. The summed E-state index contributed by atoms with van der Waals surface area (Å²) >= 11 is 0. The highest BCUT2D eigenvalue weighted by Gasteiger charge is 1.98. The van der Waals surface area contributed by atoms with Gasteiger partial charge in [0.2, 0.25) is 0 Å². The molecular formula is C9H20O. The minimum Gasteiger partial charge on any atom is -0.382 e. The zero-order valence-electron chi connectivity index (χ0n) is 7.52. The van der Waals surface area contributed by atoms with Crippen molar-refractivity contribution in [3.05, 3.63) is 0 Å². The average Bonchev–Trinajstić information content (AvgIpc) is 1.89. The van der Waals surface area contributed by atoms with E-state index in [1.165, 1.54) is 19.3 Å². The molecule has 0 heterocycles. The molecule has 0 aliphatic rings. The van der Waals surface area contributed by atoms with Gasteiger partial charge in [-0.3, -0.25) is 0 Å². The van der Waals surface area contributed by atoms with Gasteiger partial charge in [-0.2, -0.15) is 0 Å². The van der Waals surface area contributed by atoms with Crippen molar-refractivity contribution in [2.75, 3.05) is 13.2 Å². The molecule has 1 unspecified atom stereocenters. The maximum absolute atomic E-state index is 5.25. The minimum atomic E-state index is 0.844. The van der Waals surface area contributed by atoms with E-state index in [9.17, 15) is 0 Å². The summed E-state index contributed by atoms with van der Waals surface area (Å²) in [7, 11) is 0. The summed E-state index contributed by atoms with van der Waals surface area (Å²) in [5, 5.41) is 0. The first-order valence-electron chi connectivity index (χ1n) is 4.39. The fraction of sp³-hybridized carbons (Fsp3) is 1.00. The van der Waals surface area contributed by atoms with E-state index in [0.717, 1.165) is 19.1 Å². The standard InChI is InChI=1S/C9H20O/c1-4-6-9(3)7-8-10-5-2/h9H,4-8H2,1-3H3. The van der Waals surface area contributed by atoms with E-state index in [2.05, 4.69) is 13.8 Å². The summed E-state index contributed by atoms with van der Waals surface area (Å²) in [5.41, 5.74) is 0. The Labute approximate surface area is 64.8 Å². The van der Waals surface area contributed by atoms with Gasteiger partial charge in [-0.15, -0.1) is 0 Å². The van der Waals surface area contributed by atoms with Crippen LogP contribution in [0.4, 0.5) is 0 Å². The lowest BCUT2D eigenvalue weighted by molar-refractivity contribution is 0.133. The van der Waals surface area contributed by atoms with Gasteiger partial charge in [-0.25, -0.2) is 0 Å². The van der Waals surface area contributed by atoms with Gasteiger partial charge >= 0.3 is 0 Å². The fourth-order valence-corrected chi connectivity index (χ4v) is 1.07. The molecule has 1 nitrogen and oxygen atoms in total. The van der Waals surface area contributed by atoms with Crippen LogP contribution in [0.3, 0.4) is 0 Å². The smallest absolute Gasteiger partial charge is 0.0468 e. The molecule has 0 amide bonds. The first-order valence-corrected chi connectivity index (χ1v) is 4.39. The van der Waals surface area contributed by atoms with Gasteiger partial charge in [0.25, 0.3) is 0 Å². The van der Waals surface area contributed by atoms with Crippen LogP contribution < -0.4 is 0 Å². The average molecular weight is 144 g/mol. The monoisotopic (exact) mass is 144 g/mol. The van der Waals surface area contributed by atoms with Crippen LogP contribution in [0.25, 0.3) is 0 Å². The van der Waals surface area contributed by atoms with Crippen molar-refractivity contribution in [1.29, 1.82) is 0 Å². The highest BCUT2D eigenvalue weighted by atomic mass is 16.5. The third-order valence-electron chi connectivity index (χ3n) is 1.74. The molecule has 0 aromatic carbocycles. The molecule has 0 bridgehead atoms. The van der Waals surface area contributed by atoms with Gasteiger partial charge in [0, 0.05) is 13.2 Å². The van der Waals surface area contributed by atoms with Crippen molar-refractivity contribution in [1.82, 2.24) is 0 Å². The van der Waals surface area contributed by atoms with Crippen molar-refractivity contribution in [3.8, 4) is 0 Å². The van der Waals surface area contributed by atoms with Crippen LogP contribution in [0.1, 0.15) is 40.0 Å². The van der Waals surface area contributed by atoms with E-state index >= 15 is 0 Å². The third kappa shape index (κ3) is 6.09. The molecule has 0 spiro atoms. The van der Waals surface area contributed by atoms with Gasteiger partial charge in [0.15, 0.2) is 0 Å². The molecule has 0 fully saturated rings. The molecule has 0 aromatic heterocycles. The zero-order chi connectivity index (χ0) is 7.82. The maximum atomic E-state index is 5.25. The lowest BCUT2D eigenvalue weighted by Crippen LogP contribution is -2.01. The van der Waals surface area contributed by atoms with Crippen molar-refractivity contribution in [3.63, 3.8) is 0 Å². The first kappa shape index (κ1) is 9.96. The Morgan fingerprint density at radius 1 is 1.20 bits per heavy atom. The molecule has 62 valence electrons. The van der Waals surface area contributed by atoms with Crippen LogP contribution in [0, 0.1) is 5.92 Å². The second-order valence-electron chi connectivity index (χ2n) is 2.88. The van der Waals surface area contributed by atoms with Gasteiger partial charge in [-0.1, -0.05) is 26.7 Å². The molecule has 0 rings (SSSR count). The first-order chi connectivity index (χ1) is 4.81. The Balaban J connectivity index is 2.97. The highest BCUT2D eigenvalue weighted by Crippen LogP contribution is 2.08. The van der Waals surface area contributed by atoms with Gasteiger partial charge in [0.05, 0.1) is 0 Å². The quantitative estimate of drug-likeness (QED) is 0.521. The highest BCUT2D eigenvalue weighted by molar-refractivity contribution is 4.50. The van der Waals surface area contributed by atoms with E-state index < -0.39 is 0 Å². The normalized spacial score (nSPS) is 13.5. The molecule has 1 heteroatoms. The molecule has 0 saturated heterocycles. The van der Waals surface area contributed by atoms with E-state index in [0.29, 0.717) is 0 Å². The predicted octanol–water partition coefficient (Wildman–Crippen LogP) is 2.85. The fourth-order valence-electron chi connectivity index (χ4n) is 1.07. The molecule has 0 radical (unpaired) electrons. The summed E-state index contributed by atoms with van der Waals surface area (Å²) in [6, 6.07) is 0. The molecule has 0 N–H and O–H groups in total. The van der Waals surface area contributed by atoms with Crippen molar-refractivity contribution in [2.24, 2.45) is 5.92 Å². The van der Waals surface area contributed by atoms with Gasteiger partial charge in [-0.05, 0) is 19.3 Å². The second-order valence-corrected chi connectivity index (χ2v) is 2.88. The summed E-state index contributed by atoms with van der Waals surface area (Å²) in [6.07, 6.45) is 3.86. The van der Waals surface area contributed by atoms with Gasteiger partial charge in [0.1, 0.15) is 0 Å². The summed E-state index contributed by atoms with van der Waals surface area (Å²) in [4.78, 5) is 0. The van der Waals surface area contributed by atoms with Gasteiger partial charge < -0.3 is 4.74 Å². The molecule has 0 aliphatic heterocycles. The number of rotatable bonds is 6. The number of hydrogen-bond acceptors (Lipinski definition) is 1. The number of ether oxygens (including phenoxy) is 1. The summed E-state index contributed by atoms with van der Waals surface area (Å²) < 4.78 is 5.25. The minimum absolute atomic E-state index is 0.844. The molecular weight excluding hydrogens is 124 g/mol. The predicted molar refractivity (Wildman–Crippen MR) is 45.2 cm³/mol. The molecule has 1 atom stereocenters. The Bertz CT molecular complexity index is 61.7. The van der Waals surface area contributed by atoms with Crippen LogP contribution in [0.15, 0.2) is 0 Å². The van der Waals surface area contributed by atoms with Crippen LogP contribution in [0.5, 0.6) is 0 Å². The molecule has 0 aromatic rings. The molecule has 0 aliphatic carbocycles. The SMILES string of the molecule is CCCC(C)CCOCC. The molecule has 10 heavy (non-hydrogen) atoms. The summed E-state index contributed by atoms with van der Waals surface area (Å²) in [6.45, 7) is 8.38. The second kappa shape index (κ2) is 7.07. The lowest BCUT2D eigenvalue weighted by atomic mass is 10.0. The van der Waals surface area contributed by atoms with Crippen molar-refractivity contribution >= 4 is 0 Å². The molecule has 0 saturated carbocycles. The maximum Gasteiger partial charge on any atom is 0.0468 e. The topological polar surface area (TPSA) is 9.23 Å². The van der Waals surface area contributed by atoms with Crippen LogP contribution in [-0.2, 0) is 4.74 Å². The number of hydrogen-bond donors (Lipinski definition) is 0. The van der Waals surface area contributed by atoms with Crippen molar-refractivity contribution < 1.29 is 4.74 Å². The van der Waals surface area contributed by atoms with E-state index in [1.54, 1.807) is 0 Å². The lowest BCUT2D eigenvalue weighted by Gasteiger charge is -2.08. The van der Waals surface area contributed by atoms with E-state index in [-0.39, 0.29) is 0 Å². The van der Waals surface area contributed by atoms with Crippen LogP contribution in [-0.4, -0.2) is 13.2 Å². The van der Waals surface area contributed by atoms with Crippen molar-refractivity contribution in [2.45, 2.75) is 40.0 Å². The Kier molecular flexibility index (Phi) is 7.04. The van der Waals surface area contributed by atoms with Crippen LogP contribution in [0.2, 0.25) is 0 Å².